The summed E-state index contributed by atoms with van der Waals surface area (Å²) < 4.78 is 83.6. The van der Waals surface area contributed by atoms with Crippen molar-refractivity contribution < 1.29 is 36.8 Å². The van der Waals surface area contributed by atoms with Crippen molar-refractivity contribution in [3.05, 3.63) is 198 Å². The topological polar surface area (TPSA) is 33.5 Å². The van der Waals surface area contributed by atoms with Gasteiger partial charge in [0.15, 0.2) is 0 Å². The van der Waals surface area contributed by atoms with Gasteiger partial charge in [-0.3, -0.25) is 0 Å². The van der Waals surface area contributed by atoms with Crippen LogP contribution in [0.15, 0.2) is 152 Å². The van der Waals surface area contributed by atoms with Crippen molar-refractivity contribution in [3.63, 3.8) is 0 Å². The molecule has 2 aromatic heterocycles. The Morgan fingerprint density at radius 3 is 2.00 bits per heavy atom. The number of rotatable bonds is 14. The molecule has 0 spiro atoms. The molecule has 394 valence electrons. The van der Waals surface area contributed by atoms with Gasteiger partial charge in [-0.1, -0.05) is 211 Å². The molecule has 0 saturated carbocycles. The van der Waals surface area contributed by atoms with Gasteiger partial charge in [0.05, 0.1) is 11.0 Å². The van der Waals surface area contributed by atoms with Crippen LogP contribution in [0.5, 0.6) is 11.5 Å². The molecule has 0 N–H and O–H groups in total. The van der Waals surface area contributed by atoms with Gasteiger partial charge in [0.1, 0.15) is 5.82 Å². The van der Waals surface area contributed by atoms with Crippen LogP contribution < -0.4 is 14.5 Å². The molecule has 0 atom stereocenters. The first-order valence-corrected chi connectivity index (χ1v) is 26.8. The van der Waals surface area contributed by atoms with Crippen molar-refractivity contribution in [1.29, 1.82) is 0 Å². The summed E-state index contributed by atoms with van der Waals surface area (Å²) in [7, 11) is 0. The molecule has 5 nitrogen and oxygen atoms in total. The minimum atomic E-state index is -0.669. The van der Waals surface area contributed by atoms with Crippen LogP contribution in [-0.2, 0) is 50.2 Å². The van der Waals surface area contributed by atoms with E-state index in [0.717, 1.165) is 58.1 Å². The third-order valence-electron chi connectivity index (χ3n) is 14.1. The fourth-order valence-corrected chi connectivity index (χ4v) is 10.1. The van der Waals surface area contributed by atoms with Gasteiger partial charge < -0.3 is 19.1 Å². The molecular formula is C70H75N4OPt-3. The Morgan fingerprint density at radius 2 is 1.33 bits per heavy atom. The molecular weight excluding hydrogens is 1110 g/mol. The van der Waals surface area contributed by atoms with E-state index in [1.807, 2.05) is 113 Å². The van der Waals surface area contributed by atoms with Crippen LogP contribution in [0.4, 0.5) is 22.7 Å². The third-order valence-corrected chi connectivity index (χ3v) is 14.1. The first-order chi connectivity index (χ1) is 39.2. The second-order valence-corrected chi connectivity index (χ2v) is 23.7. The Kier molecular flexibility index (Phi) is 12.9. The van der Waals surface area contributed by atoms with Gasteiger partial charge in [0.2, 0.25) is 0 Å². The second kappa shape index (κ2) is 21.9. The summed E-state index contributed by atoms with van der Waals surface area (Å²) >= 11 is 0. The quantitative estimate of drug-likeness (QED) is 0.0803. The normalized spacial score (nSPS) is 14.4. The van der Waals surface area contributed by atoms with E-state index in [9.17, 15) is 6.85 Å². The Morgan fingerprint density at radius 1 is 0.658 bits per heavy atom. The third kappa shape index (κ3) is 11.2. The maximum atomic E-state index is 9.97. The Labute approximate surface area is 479 Å². The van der Waals surface area contributed by atoms with E-state index in [0.29, 0.717) is 56.7 Å². The Hall–Kier alpha value is -6.42. The monoisotopic (exact) mass is 1190 g/mol. The molecule has 0 saturated heterocycles. The first kappa shape index (κ1) is 44.7. The summed E-state index contributed by atoms with van der Waals surface area (Å²) in [5, 5.41) is 2.23. The molecule has 0 aliphatic carbocycles. The minimum absolute atomic E-state index is 0. The van der Waals surface area contributed by atoms with Crippen LogP contribution >= 0.6 is 0 Å². The van der Waals surface area contributed by atoms with Crippen molar-refractivity contribution in [2.75, 3.05) is 9.80 Å². The summed E-state index contributed by atoms with van der Waals surface area (Å²) in [5.74, 6) is 2.14. The number of nitrogens with zero attached hydrogens (tertiary/aromatic N) is 4. The average Bonchev–Trinajstić information content (AvgIpc) is 1.26. The van der Waals surface area contributed by atoms with Crippen LogP contribution in [0.2, 0.25) is 0 Å². The standard InChI is InChI=1S/C70H75N4O.Pt/c1-13-14-15-17-24-48-33-34-61-59(38-48)60-41-51(37-47(2)3)65(45-64(60)74(61)66-43-52(35-36-71-66)68(4,5)6)75-56-28-22-27-55(44-56)72-46-73(63-32-21-20-31-62(63)72)67-57(49-25-18-16-19-26-49)29-23-30-58(67)50-39-53(69(7,8)9)42-54(40-50)70(10,11)12;/h16,18-23,25-36,38-43,46-47H,13-15,17,24,37H2,1-12H3;/q-3;/i16D,18D,19D,25D,26D,39D,40D,42D;. The summed E-state index contributed by atoms with van der Waals surface area (Å²) in [6.45, 7) is 27.0. The van der Waals surface area contributed by atoms with Crippen molar-refractivity contribution in [3.8, 4) is 39.6 Å². The SMILES string of the molecule is [2H]c1c([2H])c([2H])c(-c2cccc(-c3c([2H])c(C(C)(C)C)c([2H])c(C(C)(C)C)c3[2H])c2N2[CH-]N(c3[c-]c(Oc4[c-]c5c(cc4CC(C)C)c4cc(CCCCCC)ccc4n5-c4cc(C(C)(C)C)ccn4)ccc3)c3ccccc32)c([2H])c1[2H].[Pt]. The predicted octanol–water partition coefficient (Wildman–Crippen LogP) is 19.5. The van der Waals surface area contributed by atoms with Gasteiger partial charge in [-0.2, -0.15) is 12.1 Å². The molecule has 0 amide bonds. The number of aromatic nitrogens is 2. The number of fused-ring (bicyclic) bond motifs is 4. The molecule has 0 bridgehead atoms. The summed E-state index contributed by atoms with van der Waals surface area (Å²) in [6.07, 6.45) is 8.39. The Balaban J connectivity index is 0.00000846. The molecule has 10 rings (SSSR count). The van der Waals surface area contributed by atoms with E-state index in [2.05, 4.69) is 94.6 Å². The molecule has 0 radical (unpaired) electrons. The molecule has 6 heteroatoms. The molecule has 7 aromatic carbocycles. The number of aryl methyl sites for hydroxylation is 1. The maximum absolute atomic E-state index is 9.97. The van der Waals surface area contributed by atoms with E-state index >= 15 is 0 Å². The molecule has 0 fully saturated rings. The zero-order valence-corrected chi connectivity index (χ0v) is 48.5. The molecule has 9 aromatic rings. The van der Waals surface area contributed by atoms with Gasteiger partial charge >= 0.3 is 0 Å². The van der Waals surface area contributed by atoms with Crippen LogP contribution in [-0.4, -0.2) is 9.55 Å². The number of pyridine rings is 1. The number of benzene rings is 7. The van der Waals surface area contributed by atoms with Crippen LogP contribution in [0.1, 0.15) is 148 Å². The maximum Gasteiger partial charge on any atom is 0.135 e. The van der Waals surface area contributed by atoms with Gasteiger partial charge in [0.25, 0.3) is 0 Å². The average molecular weight is 1190 g/mol. The minimum Gasteiger partial charge on any atom is -0.509 e. The molecule has 76 heavy (non-hydrogen) atoms. The first-order valence-electron chi connectivity index (χ1n) is 30.8. The van der Waals surface area contributed by atoms with E-state index in [-0.39, 0.29) is 67.8 Å². The van der Waals surface area contributed by atoms with Crippen LogP contribution in [0, 0.1) is 24.7 Å². The van der Waals surface area contributed by atoms with Crippen LogP contribution in [0.3, 0.4) is 0 Å². The van der Waals surface area contributed by atoms with E-state index < -0.39 is 29.0 Å². The molecule has 0 unspecified atom stereocenters. The number of ether oxygens (including phenoxy) is 1. The molecule has 3 heterocycles. The summed E-state index contributed by atoms with van der Waals surface area (Å²) in [5.41, 5.74) is 8.38. The summed E-state index contributed by atoms with van der Waals surface area (Å²) in [4.78, 5) is 8.89. The molecule has 1 aliphatic rings. The Bertz CT molecular complexity index is 3930. The van der Waals surface area contributed by atoms with Crippen molar-refractivity contribution in [1.82, 2.24) is 9.55 Å². The van der Waals surface area contributed by atoms with Gasteiger partial charge in [-0.15, -0.1) is 47.6 Å². The number of para-hydroxylation sites is 3. The van der Waals surface area contributed by atoms with Gasteiger partial charge in [0, 0.05) is 72.5 Å². The number of hydrogen-bond acceptors (Lipinski definition) is 4. The number of unbranched alkanes of at least 4 members (excludes halogenated alkanes) is 3. The second-order valence-electron chi connectivity index (χ2n) is 23.7. The predicted molar refractivity (Wildman–Crippen MR) is 318 cm³/mol. The van der Waals surface area contributed by atoms with Crippen molar-refractivity contribution >= 4 is 44.6 Å². The van der Waals surface area contributed by atoms with Crippen LogP contribution in [0.25, 0.3) is 49.9 Å². The van der Waals surface area contributed by atoms with E-state index in [1.165, 1.54) is 30.4 Å². The summed E-state index contributed by atoms with van der Waals surface area (Å²) in [6, 6.07) is 37.6. The van der Waals surface area contributed by atoms with Crippen molar-refractivity contribution in [2.24, 2.45) is 5.92 Å². The van der Waals surface area contributed by atoms with E-state index in [4.69, 9.17) is 13.8 Å². The zero-order chi connectivity index (χ0) is 59.8. The fourth-order valence-electron chi connectivity index (χ4n) is 10.1. The van der Waals surface area contributed by atoms with Gasteiger partial charge in [-0.25, -0.2) is 4.98 Å². The van der Waals surface area contributed by atoms with Crippen molar-refractivity contribution in [2.45, 2.75) is 138 Å². The zero-order valence-electron chi connectivity index (χ0n) is 54.2. The molecule has 1 aliphatic heterocycles. The number of anilines is 4. The largest absolute Gasteiger partial charge is 0.509 e. The van der Waals surface area contributed by atoms with E-state index in [1.54, 1.807) is 12.1 Å². The number of hydrogen-bond donors (Lipinski definition) is 0. The van der Waals surface area contributed by atoms with Gasteiger partial charge in [-0.05, 0) is 98.2 Å². The smallest absolute Gasteiger partial charge is 0.135 e. The fraction of sp³-hybridized carbons (Fsp3) is 0.314.